The van der Waals surface area contributed by atoms with E-state index in [0.717, 1.165) is 27.3 Å². The minimum absolute atomic E-state index is 0.0470. The number of H-pyrrole nitrogens is 2. The highest BCUT2D eigenvalue weighted by atomic mass is 16.2. The Morgan fingerprint density at radius 1 is 1.00 bits per heavy atom. The number of fused-ring (bicyclic) bond motifs is 1. The molecule has 0 aliphatic heterocycles. The predicted octanol–water partition coefficient (Wildman–Crippen LogP) is 1.90. The van der Waals surface area contributed by atoms with Crippen molar-refractivity contribution in [3.05, 3.63) is 98.8 Å². The third-order valence-corrected chi connectivity index (χ3v) is 4.81. The van der Waals surface area contributed by atoms with E-state index in [0.29, 0.717) is 12.2 Å². The quantitative estimate of drug-likeness (QED) is 0.437. The van der Waals surface area contributed by atoms with Crippen LogP contribution in [0.2, 0.25) is 0 Å². The average molecular weight is 403 g/mol. The van der Waals surface area contributed by atoms with E-state index >= 15 is 0 Å². The van der Waals surface area contributed by atoms with Gasteiger partial charge < -0.3 is 10.3 Å². The molecule has 0 saturated carbocycles. The first kappa shape index (κ1) is 19.4. The predicted molar refractivity (Wildman–Crippen MR) is 113 cm³/mol. The van der Waals surface area contributed by atoms with Gasteiger partial charge in [-0.05, 0) is 24.1 Å². The van der Waals surface area contributed by atoms with Gasteiger partial charge in [-0.2, -0.15) is 0 Å². The largest absolute Gasteiger partial charge is 0.346 e. The van der Waals surface area contributed by atoms with Crippen LogP contribution in [0.4, 0.5) is 0 Å². The fourth-order valence-electron chi connectivity index (χ4n) is 3.31. The fourth-order valence-corrected chi connectivity index (χ4v) is 3.31. The Bertz CT molecular complexity index is 1240. The summed E-state index contributed by atoms with van der Waals surface area (Å²) in [6.07, 6.45) is 0.611. The molecule has 30 heavy (non-hydrogen) atoms. The minimum Gasteiger partial charge on any atom is -0.346 e. The topological polar surface area (TPSA) is 113 Å². The standard InChI is InChI=1S/C22H21N5O3/c28-19(12-13-27-21(30)11-10-20(29)26-27)23-18(14-15-6-2-1-3-7-15)22-24-16-8-4-5-9-17(16)25-22/h1-11,18H,12-14H2,(H,23,28)(H,24,25)(H,26,29)/t18-/m1/s1. The first-order chi connectivity index (χ1) is 14.6. The van der Waals surface area contributed by atoms with E-state index < -0.39 is 0 Å². The van der Waals surface area contributed by atoms with Crippen LogP contribution >= 0.6 is 0 Å². The lowest BCUT2D eigenvalue weighted by atomic mass is 10.1. The van der Waals surface area contributed by atoms with Gasteiger partial charge in [0.05, 0.1) is 23.6 Å². The second-order valence-corrected chi connectivity index (χ2v) is 7.00. The molecule has 152 valence electrons. The van der Waals surface area contributed by atoms with Crippen molar-refractivity contribution in [1.82, 2.24) is 25.1 Å². The molecule has 0 bridgehead atoms. The van der Waals surface area contributed by atoms with Crippen LogP contribution in [0.5, 0.6) is 0 Å². The van der Waals surface area contributed by atoms with Crippen molar-refractivity contribution in [3.63, 3.8) is 0 Å². The van der Waals surface area contributed by atoms with E-state index in [1.165, 1.54) is 6.07 Å². The number of carbonyl (C=O) groups is 1. The molecule has 0 aliphatic carbocycles. The van der Waals surface area contributed by atoms with E-state index in [2.05, 4.69) is 20.4 Å². The van der Waals surface area contributed by atoms with E-state index in [1.807, 2.05) is 54.6 Å². The number of hydrogen-bond acceptors (Lipinski definition) is 4. The first-order valence-electron chi connectivity index (χ1n) is 9.66. The molecule has 2 heterocycles. The van der Waals surface area contributed by atoms with Crippen LogP contribution in [0.3, 0.4) is 0 Å². The Balaban J connectivity index is 1.53. The number of nitrogens with zero attached hydrogens (tertiary/aromatic N) is 2. The van der Waals surface area contributed by atoms with Gasteiger partial charge >= 0.3 is 0 Å². The Kier molecular flexibility index (Phi) is 5.56. The molecule has 0 saturated heterocycles. The summed E-state index contributed by atoms with van der Waals surface area (Å²) in [5.74, 6) is 0.423. The summed E-state index contributed by atoms with van der Waals surface area (Å²) in [6, 6.07) is 19.5. The van der Waals surface area contributed by atoms with Crippen LogP contribution in [0.15, 0.2) is 76.3 Å². The van der Waals surface area contributed by atoms with Gasteiger partial charge in [-0.25, -0.2) is 9.67 Å². The molecule has 4 aromatic rings. The summed E-state index contributed by atoms with van der Waals surface area (Å²) in [5.41, 5.74) is 2.04. The maximum absolute atomic E-state index is 12.6. The molecule has 0 radical (unpaired) electrons. The zero-order valence-electron chi connectivity index (χ0n) is 16.2. The molecule has 2 aromatic heterocycles. The summed E-state index contributed by atoms with van der Waals surface area (Å²) in [7, 11) is 0. The number of hydrogen-bond donors (Lipinski definition) is 3. The average Bonchev–Trinajstić information content (AvgIpc) is 3.19. The Labute approximate surface area is 171 Å². The number of benzene rings is 2. The molecule has 0 fully saturated rings. The number of para-hydroxylation sites is 2. The van der Waals surface area contributed by atoms with Gasteiger partial charge in [0, 0.05) is 18.6 Å². The number of aromatic nitrogens is 4. The molecule has 0 aliphatic rings. The maximum atomic E-state index is 12.6. The SMILES string of the molecule is O=C(CCn1[nH]c(=O)ccc1=O)N[C@H](Cc1ccccc1)c1nc2ccccc2[nH]1. The maximum Gasteiger partial charge on any atom is 0.265 e. The van der Waals surface area contributed by atoms with Crippen molar-refractivity contribution in [2.24, 2.45) is 0 Å². The van der Waals surface area contributed by atoms with Crippen LogP contribution < -0.4 is 16.4 Å². The lowest BCUT2D eigenvalue weighted by Crippen LogP contribution is -2.34. The number of nitrogens with one attached hydrogen (secondary N) is 3. The number of aryl methyl sites for hydroxylation is 1. The third-order valence-electron chi connectivity index (χ3n) is 4.81. The first-order valence-corrected chi connectivity index (χ1v) is 9.66. The number of aromatic amines is 2. The van der Waals surface area contributed by atoms with Crippen molar-refractivity contribution in [1.29, 1.82) is 0 Å². The zero-order valence-corrected chi connectivity index (χ0v) is 16.2. The molecule has 4 rings (SSSR count). The normalized spacial score (nSPS) is 12.0. The highest BCUT2D eigenvalue weighted by molar-refractivity contribution is 5.77. The summed E-state index contributed by atoms with van der Waals surface area (Å²) in [4.78, 5) is 43.8. The van der Waals surface area contributed by atoms with E-state index in [4.69, 9.17) is 0 Å². The summed E-state index contributed by atoms with van der Waals surface area (Å²) in [5, 5.41) is 5.43. The van der Waals surface area contributed by atoms with Crippen LogP contribution in [0, 0.1) is 0 Å². The number of rotatable bonds is 7. The van der Waals surface area contributed by atoms with E-state index in [9.17, 15) is 14.4 Å². The lowest BCUT2D eigenvalue weighted by molar-refractivity contribution is -0.122. The number of carbonyl (C=O) groups excluding carboxylic acids is 1. The Hall–Kier alpha value is -3.94. The monoisotopic (exact) mass is 403 g/mol. The van der Waals surface area contributed by atoms with Gasteiger partial charge in [-0.1, -0.05) is 42.5 Å². The van der Waals surface area contributed by atoms with Gasteiger partial charge in [0.15, 0.2) is 0 Å². The van der Waals surface area contributed by atoms with Crippen molar-refractivity contribution in [2.45, 2.75) is 25.4 Å². The third kappa shape index (κ3) is 4.54. The van der Waals surface area contributed by atoms with Gasteiger partial charge in [0.2, 0.25) is 5.91 Å². The summed E-state index contributed by atoms with van der Waals surface area (Å²) < 4.78 is 1.13. The highest BCUT2D eigenvalue weighted by Crippen LogP contribution is 2.20. The fraction of sp³-hybridized carbons (Fsp3) is 0.182. The van der Waals surface area contributed by atoms with E-state index in [1.54, 1.807) is 0 Å². The minimum atomic E-state index is -0.390. The van der Waals surface area contributed by atoms with Gasteiger partial charge in [-0.3, -0.25) is 19.5 Å². The van der Waals surface area contributed by atoms with Crippen molar-refractivity contribution >= 4 is 16.9 Å². The van der Waals surface area contributed by atoms with Crippen molar-refractivity contribution < 1.29 is 4.79 Å². The van der Waals surface area contributed by atoms with Crippen molar-refractivity contribution in [3.8, 4) is 0 Å². The van der Waals surface area contributed by atoms with Crippen LogP contribution in [0.25, 0.3) is 11.0 Å². The molecule has 1 atom stereocenters. The smallest absolute Gasteiger partial charge is 0.265 e. The number of imidazole rings is 1. The molecule has 0 unspecified atom stereocenters. The molecule has 2 aromatic carbocycles. The summed E-state index contributed by atoms with van der Waals surface area (Å²) in [6.45, 7) is 0.0823. The van der Waals surface area contributed by atoms with Crippen LogP contribution in [-0.4, -0.2) is 25.7 Å². The Morgan fingerprint density at radius 2 is 1.77 bits per heavy atom. The van der Waals surface area contributed by atoms with E-state index in [-0.39, 0.29) is 36.0 Å². The van der Waals surface area contributed by atoms with Crippen LogP contribution in [-0.2, 0) is 17.8 Å². The highest BCUT2D eigenvalue weighted by Gasteiger charge is 2.19. The van der Waals surface area contributed by atoms with Gasteiger partial charge in [-0.15, -0.1) is 0 Å². The van der Waals surface area contributed by atoms with Gasteiger partial charge in [0.1, 0.15) is 5.82 Å². The van der Waals surface area contributed by atoms with Gasteiger partial charge in [0.25, 0.3) is 11.1 Å². The number of amides is 1. The molecular formula is C22H21N5O3. The second kappa shape index (κ2) is 8.60. The Morgan fingerprint density at radius 3 is 2.57 bits per heavy atom. The molecule has 1 amide bonds. The lowest BCUT2D eigenvalue weighted by Gasteiger charge is -2.17. The van der Waals surface area contributed by atoms with Crippen LogP contribution in [0.1, 0.15) is 23.9 Å². The van der Waals surface area contributed by atoms with Crippen molar-refractivity contribution in [2.75, 3.05) is 0 Å². The molecule has 3 N–H and O–H groups in total. The molecular weight excluding hydrogens is 382 g/mol. The summed E-state index contributed by atoms with van der Waals surface area (Å²) >= 11 is 0. The second-order valence-electron chi connectivity index (χ2n) is 7.00. The molecule has 0 spiro atoms. The molecule has 8 heteroatoms. The zero-order chi connectivity index (χ0) is 20.9. The molecule has 8 nitrogen and oxygen atoms in total.